The van der Waals surface area contributed by atoms with Gasteiger partial charge in [0.25, 0.3) is 0 Å². The van der Waals surface area contributed by atoms with Gasteiger partial charge < -0.3 is 14.9 Å². The van der Waals surface area contributed by atoms with Crippen LogP contribution in [0.4, 0.5) is 4.79 Å². The Morgan fingerprint density at radius 1 is 0.880 bits per heavy atom. The number of hydrogen-bond donors (Lipinski definition) is 2. The minimum absolute atomic E-state index is 0.0831. The molecule has 6 rings (SSSR count). The van der Waals surface area contributed by atoms with Gasteiger partial charge in [-0.1, -0.05) is 121 Å². The lowest BCUT2D eigenvalue weighted by Crippen LogP contribution is -2.46. The number of nitrogens with zero attached hydrogens (tertiary/aromatic N) is 2. The zero-order valence-electron chi connectivity index (χ0n) is 28.0. The number of likely N-dealkylation sites (tertiary alicyclic amines) is 1. The number of carbonyl (C=O) groups excluding carboxylic acids is 4. The first-order valence-electron chi connectivity index (χ1n) is 17.1. The summed E-state index contributed by atoms with van der Waals surface area (Å²) in [6.45, 7) is 3.84. The monoisotopic (exact) mass is 676 g/mol. The van der Waals surface area contributed by atoms with E-state index in [9.17, 15) is 29.4 Å². The predicted octanol–water partition coefficient (Wildman–Crippen LogP) is 5.53. The van der Waals surface area contributed by atoms with E-state index in [2.05, 4.69) is 6.58 Å². The molecule has 2 N–H and O–H groups in total. The van der Waals surface area contributed by atoms with Crippen molar-refractivity contribution in [2.24, 2.45) is 11.8 Å². The van der Waals surface area contributed by atoms with Gasteiger partial charge in [-0.15, -0.1) is 6.58 Å². The Bertz CT molecular complexity index is 1670. The van der Waals surface area contributed by atoms with Gasteiger partial charge in [-0.3, -0.25) is 19.3 Å². The highest BCUT2D eigenvalue weighted by molar-refractivity contribution is 5.99. The zero-order chi connectivity index (χ0) is 35.5. The number of benzene rings is 3. The number of cyclic esters (lactones) is 1. The summed E-state index contributed by atoms with van der Waals surface area (Å²) in [6.07, 6.45) is 8.97. The van der Waals surface area contributed by atoms with Crippen molar-refractivity contribution in [3.8, 4) is 0 Å². The van der Waals surface area contributed by atoms with Crippen LogP contribution in [-0.2, 0) is 32.0 Å². The molecule has 0 radical (unpaired) electrons. The van der Waals surface area contributed by atoms with Crippen LogP contribution in [0.25, 0.3) is 6.08 Å². The minimum atomic E-state index is -1.05. The second kappa shape index (κ2) is 17.5. The van der Waals surface area contributed by atoms with E-state index in [1.807, 2.05) is 91.0 Å². The number of rotatable bonds is 11. The number of ether oxygens (including phenoxy) is 1. The van der Waals surface area contributed by atoms with Crippen LogP contribution in [0.5, 0.6) is 0 Å². The van der Waals surface area contributed by atoms with Crippen molar-refractivity contribution in [3.63, 3.8) is 0 Å². The molecule has 1 aliphatic carbocycles. The summed E-state index contributed by atoms with van der Waals surface area (Å²) in [5.41, 5.74) is 3.05. The van der Waals surface area contributed by atoms with Crippen LogP contribution in [0.2, 0.25) is 0 Å². The molecular formula is C41H44N2O7. The van der Waals surface area contributed by atoms with Gasteiger partial charge in [-0.2, -0.15) is 0 Å². The third-order valence-corrected chi connectivity index (χ3v) is 9.28. The molecule has 0 saturated carbocycles. The molecule has 4 amide bonds. The minimum Gasteiger partial charge on any atom is -0.447 e. The normalized spacial score (nSPS) is 22.6. The molecule has 2 heterocycles. The first-order valence-corrected chi connectivity index (χ1v) is 17.1. The highest BCUT2D eigenvalue weighted by Gasteiger charge is 2.43. The number of carbonyl (C=O) groups is 4. The summed E-state index contributed by atoms with van der Waals surface area (Å²) < 4.78 is 5.15. The lowest BCUT2D eigenvalue weighted by molar-refractivity contribution is -0.148. The number of allylic oxidation sites excluding steroid dienone is 2. The molecule has 0 spiro atoms. The van der Waals surface area contributed by atoms with Crippen molar-refractivity contribution < 1.29 is 34.1 Å². The van der Waals surface area contributed by atoms with Gasteiger partial charge in [-0.05, 0) is 48.8 Å². The summed E-state index contributed by atoms with van der Waals surface area (Å²) in [6, 6.07) is 28.6. The number of imide groups is 2. The van der Waals surface area contributed by atoms with E-state index in [4.69, 9.17) is 4.74 Å². The predicted molar refractivity (Wildman–Crippen MR) is 190 cm³/mol. The third kappa shape index (κ3) is 9.11. The number of aliphatic hydroxyl groups is 2. The van der Waals surface area contributed by atoms with Crippen LogP contribution in [0.3, 0.4) is 0 Å². The maximum Gasteiger partial charge on any atom is 0.416 e. The molecule has 50 heavy (non-hydrogen) atoms. The standard InChI is InChI=1S/C24H25NO4.C17H19NO3/c1-2-9-21(22(26)15-14-18-10-5-3-6-11-18)23(27)25-20(17-29-24(25)28)16-19-12-7-4-8-13-19;19-15-8-4-7-14(15)17(21)18-13(9-10-16(18)20)11-12-5-2-1-3-6-12/h2-8,10-15,20-22,26H,1,9,16-17H2;1-6,8,13-15,19H,7,9-11H2/b15-14+;/t20-,21+,22+;13-,14-,15-/m10/s1. The summed E-state index contributed by atoms with van der Waals surface area (Å²) in [7, 11) is 0. The van der Waals surface area contributed by atoms with Crippen molar-refractivity contribution in [2.75, 3.05) is 6.61 Å². The molecule has 0 unspecified atom stereocenters. The molecule has 0 bridgehead atoms. The van der Waals surface area contributed by atoms with Crippen LogP contribution in [-0.4, -0.2) is 74.7 Å². The smallest absolute Gasteiger partial charge is 0.416 e. The molecule has 2 saturated heterocycles. The Morgan fingerprint density at radius 3 is 2.06 bits per heavy atom. The van der Waals surface area contributed by atoms with E-state index in [-0.39, 0.29) is 30.9 Å². The average molecular weight is 677 g/mol. The number of hydrogen-bond acceptors (Lipinski definition) is 7. The first-order chi connectivity index (χ1) is 24.3. The molecule has 9 nitrogen and oxygen atoms in total. The van der Waals surface area contributed by atoms with Gasteiger partial charge >= 0.3 is 6.09 Å². The SMILES string of the molecule is C=CC[C@H](C(=O)N1C(=O)OC[C@H]1Cc1ccccc1)[C@@H](O)/C=C/c1ccccc1.O=C1CC[C@@H](Cc2ccccc2)N1C(=O)[C@H]1CC=C[C@@H]1O. The van der Waals surface area contributed by atoms with E-state index in [0.29, 0.717) is 32.1 Å². The Kier molecular flexibility index (Phi) is 12.7. The molecule has 9 heteroatoms. The second-order valence-electron chi connectivity index (χ2n) is 12.8. The molecule has 3 aromatic carbocycles. The van der Waals surface area contributed by atoms with Crippen LogP contribution in [0, 0.1) is 11.8 Å². The van der Waals surface area contributed by atoms with Crippen molar-refractivity contribution in [1.29, 1.82) is 0 Å². The highest BCUT2D eigenvalue weighted by Crippen LogP contribution is 2.29. The molecule has 2 fully saturated rings. The topological polar surface area (TPSA) is 124 Å². The van der Waals surface area contributed by atoms with E-state index in [1.54, 1.807) is 30.4 Å². The first kappa shape index (κ1) is 36.2. The van der Waals surface area contributed by atoms with E-state index in [0.717, 1.165) is 21.6 Å². The molecule has 260 valence electrons. The van der Waals surface area contributed by atoms with Crippen molar-refractivity contribution in [2.45, 2.75) is 62.8 Å². The highest BCUT2D eigenvalue weighted by atomic mass is 16.6. The van der Waals surface area contributed by atoms with Crippen molar-refractivity contribution in [3.05, 3.63) is 139 Å². The average Bonchev–Trinajstić information content (AvgIpc) is 3.84. The summed E-state index contributed by atoms with van der Waals surface area (Å²) in [4.78, 5) is 52.7. The Hall–Kier alpha value is -5.12. The fraction of sp³-hybridized carbons (Fsp3) is 0.317. The van der Waals surface area contributed by atoms with Crippen molar-refractivity contribution >= 4 is 29.9 Å². The molecule has 6 atom stereocenters. The van der Waals surface area contributed by atoms with Gasteiger partial charge in [-0.25, -0.2) is 9.69 Å². The third-order valence-electron chi connectivity index (χ3n) is 9.28. The zero-order valence-corrected chi connectivity index (χ0v) is 28.0. The fourth-order valence-electron chi connectivity index (χ4n) is 6.61. The van der Waals surface area contributed by atoms with Crippen LogP contribution in [0.1, 0.15) is 42.4 Å². The van der Waals surface area contributed by atoms with E-state index < -0.39 is 42.1 Å². The quantitative estimate of drug-likeness (QED) is 0.202. The maximum absolute atomic E-state index is 13.2. The summed E-state index contributed by atoms with van der Waals surface area (Å²) >= 11 is 0. The maximum atomic E-state index is 13.2. The summed E-state index contributed by atoms with van der Waals surface area (Å²) in [5.74, 6) is -2.09. The largest absolute Gasteiger partial charge is 0.447 e. The summed E-state index contributed by atoms with van der Waals surface area (Å²) in [5, 5.41) is 20.5. The van der Waals surface area contributed by atoms with E-state index >= 15 is 0 Å². The molecule has 0 aromatic heterocycles. The lowest BCUT2D eigenvalue weighted by Gasteiger charge is -2.27. The van der Waals surface area contributed by atoms with Gasteiger partial charge in [0.2, 0.25) is 17.7 Å². The molecule has 2 aliphatic heterocycles. The van der Waals surface area contributed by atoms with Gasteiger partial charge in [0, 0.05) is 12.5 Å². The van der Waals surface area contributed by atoms with Crippen molar-refractivity contribution in [1.82, 2.24) is 9.80 Å². The number of amides is 4. The lowest BCUT2D eigenvalue weighted by atomic mass is 9.94. The van der Waals surface area contributed by atoms with Crippen LogP contribution in [0.15, 0.2) is 122 Å². The Balaban J connectivity index is 0.000000204. The van der Waals surface area contributed by atoms with Gasteiger partial charge in [0.1, 0.15) is 6.61 Å². The van der Waals surface area contributed by atoms with Crippen LogP contribution < -0.4 is 0 Å². The van der Waals surface area contributed by atoms with E-state index in [1.165, 1.54) is 4.90 Å². The number of aliphatic hydroxyl groups excluding tert-OH is 2. The molecule has 3 aliphatic rings. The molecular weight excluding hydrogens is 632 g/mol. The second-order valence-corrected chi connectivity index (χ2v) is 12.8. The van der Waals surface area contributed by atoms with Gasteiger partial charge in [0.15, 0.2) is 0 Å². The van der Waals surface area contributed by atoms with Gasteiger partial charge in [0.05, 0.1) is 30.1 Å². The fourth-order valence-corrected chi connectivity index (χ4v) is 6.61. The Morgan fingerprint density at radius 2 is 1.48 bits per heavy atom. The van der Waals surface area contributed by atoms with Crippen LogP contribution >= 0.6 is 0 Å². The Labute approximate surface area is 293 Å². The molecule has 3 aromatic rings.